The van der Waals surface area contributed by atoms with Gasteiger partial charge in [0.05, 0.1) is 0 Å². The first kappa shape index (κ1) is 12.2. The first-order valence-corrected chi connectivity index (χ1v) is 4.96. The highest BCUT2D eigenvalue weighted by molar-refractivity contribution is 9.12. The molecule has 0 saturated heterocycles. The number of halogens is 1. The van der Waals surface area contributed by atoms with Crippen LogP contribution in [0.2, 0.25) is 0 Å². The quantitative estimate of drug-likeness (QED) is 0.520. The number of hydrogen-bond acceptors (Lipinski definition) is 2. The molecular weight excluding hydrogens is 219 g/mol. The predicted molar refractivity (Wildman–Crippen MR) is 56.3 cm³/mol. The molecule has 0 aliphatic rings. The molecule has 0 heterocycles. The summed E-state index contributed by atoms with van der Waals surface area (Å²) >= 11 is 3.41. The molecule has 4 heteroatoms. The van der Waals surface area contributed by atoms with Gasteiger partial charge in [-0.3, -0.25) is 0 Å². The summed E-state index contributed by atoms with van der Waals surface area (Å²) in [5.74, 6) is 0. The van der Waals surface area contributed by atoms with Crippen molar-refractivity contribution in [1.29, 1.82) is 0 Å². The molecule has 70 valence electrons. The third-order valence-corrected chi connectivity index (χ3v) is 2.25. The maximum absolute atomic E-state index is 5.05. The molecule has 0 aromatic heterocycles. The fourth-order valence-corrected chi connectivity index (χ4v) is 1.46. The highest BCUT2D eigenvalue weighted by Gasteiger charge is 2.17. The monoisotopic (exact) mass is 234 g/mol. The summed E-state index contributed by atoms with van der Waals surface area (Å²) < 4.78 is 11.1. The summed E-state index contributed by atoms with van der Waals surface area (Å²) in [7, 11) is 3.01. The van der Waals surface area contributed by atoms with Gasteiger partial charge in [0, 0.05) is 18.6 Å². The van der Waals surface area contributed by atoms with E-state index in [0.717, 1.165) is 10.8 Å². The van der Waals surface area contributed by atoms with Gasteiger partial charge < -0.3 is 9.31 Å². The summed E-state index contributed by atoms with van der Waals surface area (Å²) in [5.41, 5.74) is 0. The molecule has 0 aliphatic heterocycles. The zero-order valence-corrected chi connectivity index (χ0v) is 9.56. The molecule has 0 aromatic carbocycles. The van der Waals surface area contributed by atoms with E-state index >= 15 is 0 Å². The molecule has 12 heavy (non-hydrogen) atoms. The zero-order chi connectivity index (χ0) is 9.40. The smallest absolute Gasteiger partial charge is 0.410 e. The Morgan fingerprint density at radius 3 is 2.42 bits per heavy atom. The fraction of sp³-hybridized carbons (Fsp3) is 0.750. The van der Waals surface area contributed by atoms with Crippen LogP contribution < -0.4 is 0 Å². The van der Waals surface area contributed by atoms with E-state index in [1.807, 2.05) is 0 Å². The van der Waals surface area contributed by atoms with E-state index in [0.29, 0.717) is 0 Å². The van der Waals surface area contributed by atoms with Gasteiger partial charge in [-0.25, -0.2) is 0 Å². The molecule has 0 aromatic rings. The van der Waals surface area contributed by atoms with Gasteiger partial charge in [-0.15, -0.1) is 0 Å². The first-order chi connectivity index (χ1) is 5.76. The maximum Gasteiger partial charge on any atom is 0.500 e. The number of hydrogen-bond donors (Lipinski definition) is 0. The lowest BCUT2D eigenvalue weighted by atomic mass is 9.89. The Balaban J connectivity index is 3.79. The number of unbranched alkanes of at least 4 members (excludes halogenated alkanes) is 2. The van der Waals surface area contributed by atoms with Crippen molar-refractivity contribution in [2.24, 2.45) is 0 Å². The van der Waals surface area contributed by atoms with Crippen LogP contribution in [0.5, 0.6) is 0 Å². The molecule has 0 saturated carbocycles. The van der Waals surface area contributed by atoms with Gasteiger partial charge in [0.15, 0.2) is 0 Å². The van der Waals surface area contributed by atoms with Crippen LogP contribution in [0, 0.1) is 0 Å². The molecule has 0 atom stereocenters. The lowest BCUT2D eigenvalue weighted by Crippen LogP contribution is -2.19. The van der Waals surface area contributed by atoms with Crippen molar-refractivity contribution in [3.05, 3.63) is 10.5 Å². The lowest BCUT2D eigenvalue weighted by Gasteiger charge is -2.06. The van der Waals surface area contributed by atoms with Gasteiger partial charge in [-0.1, -0.05) is 41.8 Å². The van der Waals surface area contributed by atoms with Crippen molar-refractivity contribution in [3.63, 3.8) is 0 Å². The van der Waals surface area contributed by atoms with Crippen molar-refractivity contribution < 1.29 is 9.31 Å². The highest BCUT2D eigenvalue weighted by atomic mass is 79.9. The van der Waals surface area contributed by atoms with Gasteiger partial charge >= 0.3 is 7.12 Å². The van der Waals surface area contributed by atoms with Crippen molar-refractivity contribution >= 4 is 23.0 Å². The van der Waals surface area contributed by atoms with Crippen LogP contribution in [0.4, 0.5) is 0 Å². The molecule has 0 fully saturated rings. The minimum atomic E-state index is -0.248. The minimum absolute atomic E-state index is 0.248. The molecule has 0 N–H and O–H groups in total. The van der Waals surface area contributed by atoms with E-state index in [1.54, 1.807) is 14.2 Å². The van der Waals surface area contributed by atoms with E-state index in [9.17, 15) is 0 Å². The SMILES string of the molecule is CCCC/C=C(\Br)B(OC)OC. The summed E-state index contributed by atoms with van der Waals surface area (Å²) in [6, 6.07) is 0. The average Bonchev–Trinajstić information content (AvgIpc) is 2.07. The molecule has 0 amide bonds. The normalized spacial score (nSPS) is 11.8. The molecule has 0 rings (SSSR count). The van der Waals surface area contributed by atoms with Gasteiger partial charge in [0.1, 0.15) is 0 Å². The van der Waals surface area contributed by atoms with E-state index in [2.05, 4.69) is 28.9 Å². The standard InChI is InChI=1S/C8H16BBrO2/c1-4-5-6-7-8(10)9(11-2)12-3/h7H,4-6H2,1-3H3/b8-7-. The van der Waals surface area contributed by atoms with E-state index in [1.165, 1.54) is 12.8 Å². The van der Waals surface area contributed by atoms with E-state index < -0.39 is 0 Å². The first-order valence-electron chi connectivity index (χ1n) is 4.17. The van der Waals surface area contributed by atoms with Crippen molar-refractivity contribution in [3.8, 4) is 0 Å². The number of allylic oxidation sites excluding steroid dienone is 1. The second-order valence-corrected chi connectivity index (χ2v) is 3.45. The molecule has 0 unspecified atom stereocenters. The van der Waals surface area contributed by atoms with Crippen LogP contribution in [0.3, 0.4) is 0 Å². The molecule has 0 aliphatic carbocycles. The van der Waals surface area contributed by atoms with Gasteiger partial charge in [0.2, 0.25) is 0 Å². The van der Waals surface area contributed by atoms with Gasteiger partial charge in [-0.2, -0.15) is 0 Å². The lowest BCUT2D eigenvalue weighted by molar-refractivity contribution is 0.289. The second kappa shape index (κ2) is 7.83. The Morgan fingerprint density at radius 1 is 1.42 bits per heavy atom. The minimum Gasteiger partial charge on any atom is -0.410 e. The maximum atomic E-state index is 5.05. The third kappa shape index (κ3) is 4.96. The van der Waals surface area contributed by atoms with Gasteiger partial charge in [0.25, 0.3) is 0 Å². The van der Waals surface area contributed by atoms with Crippen LogP contribution in [-0.2, 0) is 9.31 Å². The van der Waals surface area contributed by atoms with Crippen molar-refractivity contribution in [2.45, 2.75) is 26.2 Å². The molecule has 0 spiro atoms. The molecule has 0 bridgehead atoms. The van der Waals surface area contributed by atoms with Crippen molar-refractivity contribution in [2.75, 3.05) is 14.2 Å². The van der Waals surface area contributed by atoms with Crippen LogP contribution in [0.1, 0.15) is 26.2 Å². The Morgan fingerprint density at radius 2 is 2.00 bits per heavy atom. The molecule has 2 nitrogen and oxygen atoms in total. The average molecular weight is 235 g/mol. The van der Waals surface area contributed by atoms with Gasteiger partial charge in [-0.05, 0) is 6.42 Å². The second-order valence-electron chi connectivity index (χ2n) is 2.53. The van der Waals surface area contributed by atoms with Crippen LogP contribution >= 0.6 is 15.9 Å². The van der Waals surface area contributed by atoms with Crippen LogP contribution in [0.25, 0.3) is 0 Å². The number of rotatable bonds is 6. The summed E-state index contributed by atoms with van der Waals surface area (Å²) in [6.45, 7) is 2.17. The largest absolute Gasteiger partial charge is 0.500 e. The Kier molecular flexibility index (Phi) is 7.97. The van der Waals surface area contributed by atoms with Crippen LogP contribution in [-0.4, -0.2) is 21.3 Å². The van der Waals surface area contributed by atoms with Crippen molar-refractivity contribution in [1.82, 2.24) is 0 Å². The Bertz CT molecular complexity index is 135. The zero-order valence-electron chi connectivity index (χ0n) is 7.97. The van der Waals surface area contributed by atoms with Crippen LogP contribution in [0.15, 0.2) is 10.5 Å². The highest BCUT2D eigenvalue weighted by Crippen LogP contribution is 2.12. The van der Waals surface area contributed by atoms with E-state index in [4.69, 9.17) is 9.31 Å². The van der Waals surface area contributed by atoms with E-state index in [-0.39, 0.29) is 7.12 Å². The fourth-order valence-electron chi connectivity index (χ4n) is 0.862. The summed E-state index contributed by atoms with van der Waals surface area (Å²) in [4.78, 5) is 0. The molecule has 0 radical (unpaired) electrons. The summed E-state index contributed by atoms with van der Waals surface area (Å²) in [5, 5.41) is 0. The topological polar surface area (TPSA) is 18.5 Å². The third-order valence-electron chi connectivity index (χ3n) is 1.55. The Labute approximate surface area is 83.6 Å². The Hall–Kier alpha value is 0.205. The summed E-state index contributed by atoms with van der Waals surface area (Å²) in [6.07, 6.45) is 5.58. The molecular formula is C8H16BBrO2. The predicted octanol–water partition coefficient (Wildman–Crippen LogP) is 2.78.